The maximum absolute atomic E-state index is 13.7. The van der Waals surface area contributed by atoms with Crippen LogP contribution in [0.1, 0.15) is 48.3 Å². The SMILES string of the molecule is COC(=O)c1ccc(C2C(C(=O)OC(C)C)=C(C)N=c3sc(=Cc4ccccc4[N+](=O)[O-])c(=O)n32)cc1. The first kappa shape index (κ1) is 25.7. The number of rotatable bonds is 6. The van der Waals surface area contributed by atoms with Crippen LogP contribution in [0.15, 0.2) is 69.6 Å². The van der Waals surface area contributed by atoms with Crippen molar-refractivity contribution in [1.82, 2.24) is 4.57 Å². The van der Waals surface area contributed by atoms with Crippen LogP contribution in [0.3, 0.4) is 0 Å². The summed E-state index contributed by atoms with van der Waals surface area (Å²) in [6.07, 6.45) is 1.04. The normalized spacial score (nSPS) is 15.3. The maximum Gasteiger partial charge on any atom is 0.338 e. The summed E-state index contributed by atoms with van der Waals surface area (Å²) < 4.78 is 11.8. The van der Waals surface area contributed by atoms with Crippen LogP contribution in [0, 0.1) is 10.1 Å². The third kappa shape index (κ3) is 4.98. The van der Waals surface area contributed by atoms with Gasteiger partial charge >= 0.3 is 11.9 Å². The maximum atomic E-state index is 13.7. The number of aromatic nitrogens is 1. The number of para-hydroxylation sites is 1. The van der Waals surface area contributed by atoms with Crippen molar-refractivity contribution in [3.05, 3.63) is 106 Å². The zero-order valence-electron chi connectivity index (χ0n) is 20.5. The van der Waals surface area contributed by atoms with E-state index in [9.17, 15) is 24.5 Å². The highest BCUT2D eigenvalue weighted by molar-refractivity contribution is 7.07. The molecule has 0 spiro atoms. The molecule has 0 amide bonds. The number of nitro benzene ring substituents is 1. The van der Waals surface area contributed by atoms with Gasteiger partial charge in [0.05, 0.1) is 51.1 Å². The lowest BCUT2D eigenvalue weighted by atomic mass is 9.95. The molecule has 0 saturated heterocycles. The smallest absolute Gasteiger partial charge is 0.338 e. The number of allylic oxidation sites excluding steroid dienone is 1. The number of nitrogens with zero attached hydrogens (tertiary/aromatic N) is 3. The van der Waals surface area contributed by atoms with E-state index in [1.165, 1.54) is 23.8 Å². The Kier molecular flexibility index (Phi) is 7.16. The summed E-state index contributed by atoms with van der Waals surface area (Å²) >= 11 is 1.06. The van der Waals surface area contributed by atoms with Gasteiger partial charge in [0.1, 0.15) is 0 Å². The van der Waals surface area contributed by atoms with Gasteiger partial charge in [0.25, 0.3) is 11.2 Å². The first-order valence-electron chi connectivity index (χ1n) is 11.3. The van der Waals surface area contributed by atoms with Crippen LogP contribution in [0.5, 0.6) is 0 Å². The standard InChI is InChI=1S/C26H23N3O7S/c1-14(2)36-25(32)21-15(3)27-26-28(22(21)16-9-11-17(12-10-16)24(31)35-4)23(30)20(37-26)13-18-7-5-6-8-19(18)29(33)34/h5-14,22H,1-4H3. The van der Waals surface area contributed by atoms with Gasteiger partial charge < -0.3 is 9.47 Å². The fourth-order valence-electron chi connectivity index (χ4n) is 4.01. The molecule has 1 aliphatic rings. The van der Waals surface area contributed by atoms with Crippen LogP contribution >= 0.6 is 11.3 Å². The van der Waals surface area contributed by atoms with Gasteiger partial charge in [0, 0.05) is 6.07 Å². The Morgan fingerprint density at radius 2 is 1.81 bits per heavy atom. The summed E-state index contributed by atoms with van der Waals surface area (Å²) in [7, 11) is 1.28. The van der Waals surface area contributed by atoms with Crippen LogP contribution in [0.2, 0.25) is 0 Å². The molecular formula is C26H23N3O7S. The number of hydrogen-bond donors (Lipinski definition) is 0. The second-order valence-electron chi connectivity index (χ2n) is 8.47. The van der Waals surface area contributed by atoms with Crippen LogP contribution in [-0.4, -0.2) is 34.6 Å². The average Bonchev–Trinajstić information content (AvgIpc) is 3.16. The second-order valence-corrected chi connectivity index (χ2v) is 9.47. The van der Waals surface area contributed by atoms with E-state index in [2.05, 4.69) is 4.99 Å². The van der Waals surface area contributed by atoms with Crippen LogP contribution in [0.4, 0.5) is 5.69 Å². The fraction of sp³-hybridized carbons (Fsp3) is 0.231. The highest BCUT2D eigenvalue weighted by atomic mass is 32.1. The number of carbonyl (C=O) groups excluding carboxylic acids is 2. The second kappa shape index (κ2) is 10.3. The van der Waals surface area contributed by atoms with E-state index in [0.29, 0.717) is 21.6 Å². The molecule has 3 aromatic rings. The minimum absolute atomic E-state index is 0.138. The Bertz CT molecular complexity index is 1610. The van der Waals surface area contributed by atoms with E-state index >= 15 is 0 Å². The number of thiazole rings is 1. The molecule has 0 fully saturated rings. The quantitative estimate of drug-likeness (QED) is 0.277. The first-order valence-corrected chi connectivity index (χ1v) is 12.1. The molecule has 2 heterocycles. The number of fused-ring (bicyclic) bond motifs is 1. The number of carbonyl (C=O) groups is 2. The fourth-order valence-corrected chi connectivity index (χ4v) is 5.05. The zero-order valence-corrected chi connectivity index (χ0v) is 21.3. The molecule has 190 valence electrons. The van der Waals surface area contributed by atoms with Crippen molar-refractivity contribution in [1.29, 1.82) is 0 Å². The van der Waals surface area contributed by atoms with Gasteiger partial charge in [-0.2, -0.15) is 0 Å². The van der Waals surface area contributed by atoms with E-state index < -0.39 is 34.6 Å². The average molecular weight is 522 g/mol. The van der Waals surface area contributed by atoms with Crippen LogP contribution < -0.4 is 14.9 Å². The van der Waals surface area contributed by atoms with Gasteiger partial charge in [-0.3, -0.25) is 19.5 Å². The van der Waals surface area contributed by atoms with E-state index in [1.54, 1.807) is 63.2 Å². The summed E-state index contributed by atoms with van der Waals surface area (Å²) in [6, 6.07) is 11.6. The number of nitro groups is 1. The molecule has 10 nitrogen and oxygen atoms in total. The molecule has 1 atom stereocenters. The molecule has 4 rings (SSSR count). The van der Waals surface area contributed by atoms with Gasteiger partial charge in [-0.25, -0.2) is 14.6 Å². The topological polar surface area (TPSA) is 130 Å². The molecule has 0 radical (unpaired) electrons. The number of benzene rings is 2. The van der Waals surface area contributed by atoms with E-state index in [-0.39, 0.29) is 21.4 Å². The molecule has 1 aromatic heterocycles. The molecule has 1 aliphatic heterocycles. The number of hydrogen-bond acceptors (Lipinski definition) is 9. The highest BCUT2D eigenvalue weighted by Crippen LogP contribution is 2.31. The van der Waals surface area contributed by atoms with Crippen molar-refractivity contribution < 1.29 is 24.0 Å². The lowest BCUT2D eigenvalue weighted by Crippen LogP contribution is -2.40. The molecule has 0 N–H and O–H groups in total. The zero-order chi connectivity index (χ0) is 26.9. The first-order chi connectivity index (χ1) is 17.6. The van der Waals surface area contributed by atoms with Crippen molar-refractivity contribution in [3.63, 3.8) is 0 Å². The lowest BCUT2D eigenvalue weighted by molar-refractivity contribution is -0.385. The number of ether oxygens (including phenoxy) is 2. The predicted molar refractivity (Wildman–Crippen MR) is 136 cm³/mol. The molecule has 2 aromatic carbocycles. The lowest BCUT2D eigenvalue weighted by Gasteiger charge is -2.25. The van der Waals surface area contributed by atoms with Crippen molar-refractivity contribution in [2.45, 2.75) is 32.9 Å². The molecular weight excluding hydrogens is 498 g/mol. The van der Waals surface area contributed by atoms with Crippen LogP contribution in [0.25, 0.3) is 6.08 Å². The minimum Gasteiger partial charge on any atom is -0.465 e. The molecule has 37 heavy (non-hydrogen) atoms. The molecule has 1 unspecified atom stereocenters. The van der Waals surface area contributed by atoms with Gasteiger partial charge in [-0.15, -0.1) is 0 Å². The van der Waals surface area contributed by atoms with Gasteiger partial charge in [0.2, 0.25) is 0 Å². The van der Waals surface area contributed by atoms with Crippen molar-refractivity contribution in [2.24, 2.45) is 4.99 Å². The monoisotopic (exact) mass is 521 g/mol. The van der Waals surface area contributed by atoms with Crippen LogP contribution in [-0.2, 0) is 14.3 Å². The third-order valence-electron chi connectivity index (χ3n) is 5.65. The summed E-state index contributed by atoms with van der Waals surface area (Å²) in [5.74, 6) is -1.14. The predicted octanol–water partition coefficient (Wildman–Crippen LogP) is 2.88. The van der Waals surface area contributed by atoms with Crippen molar-refractivity contribution in [3.8, 4) is 0 Å². The summed E-state index contributed by atoms with van der Waals surface area (Å²) in [4.78, 5) is 54.5. The van der Waals surface area contributed by atoms with Crippen molar-refractivity contribution >= 4 is 35.0 Å². The Labute approximate surface area is 215 Å². The third-order valence-corrected chi connectivity index (χ3v) is 6.63. The van der Waals surface area contributed by atoms with E-state index in [0.717, 1.165) is 11.3 Å². The summed E-state index contributed by atoms with van der Waals surface area (Å²) in [5.41, 5.74) is 1.09. The summed E-state index contributed by atoms with van der Waals surface area (Å²) in [6.45, 7) is 5.09. The van der Waals surface area contributed by atoms with Crippen molar-refractivity contribution in [2.75, 3.05) is 7.11 Å². The Morgan fingerprint density at radius 3 is 2.43 bits per heavy atom. The van der Waals surface area contributed by atoms with Gasteiger partial charge in [-0.1, -0.05) is 35.6 Å². The Hall–Kier alpha value is -4.38. The number of methoxy groups -OCH3 is 1. The minimum atomic E-state index is -0.887. The molecule has 0 bridgehead atoms. The Balaban J connectivity index is 1.95. The summed E-state index contributed by atoms with van der Waals surface area (Å²) in [5, 5.41) is 11.5. The van der Waals surface area contributed by atoms with E-state index in [4.69, 9.17) is 9.47 Å². The largest absolute Gasteiger partial charge is 0.465 e. The molecule has 0 saturated carbocycles. The van der Waals surface area contributed by atoms with E-state index in [1.807, 2.05) is 0 Å². The van der Waals surface area contributed by atoms with Gasteiger partial charge in [0.15, 0.2) is 4.80 Å². The highest BCUT2D eigenvalue weighted by Gasteiger charge is 2.34. The Morgan fingerprint density at radius 1 is 1.14 bits per heavy atom. The molecule has 11 heteroatoms. The number of esters is 2. The molecule has 0 aliphatic carbocycles. The van der Waals surface area contributed by atoms with Gasteiger partial charge in [-0.05, 0) is 50.6 Å².